The normalized spacial score (nSPS) is 19.0. The van der Waals surface area contributed by atoms with E-state index in [1.54, 1.807) is 12.3 Å². The van der Waals surface area contributed by atoms with Crippen molar-refractivity contribution in [1.82, 2.24) is 14.8 Å². The lowest BCUT2D eigenvalue weighted by molar-refractivity contribution is 0.0650. The molecule has 178 valence electrons. The zero-order valence-corrected chi connectivity index (χ0v) is 19.9. The summed E-state index contributed by atoms with van der Waals surface area (Å²) < 4.78 is 0. The van der Waals surface area contributed by atoms with Crippen molar-refractivity contribution in [3.63, 3.8) is 0 Å². The van der Waals surface area contributed by atoms with Gasteiger partial charge < -0.3 is 19.9 Å². The Morgan fingerprint density at radius 1 is 1.18 bits per heavy atom. The highest BCUT2D eigenvalue weighted by atomic mass is 16.3. The number of hydrogen-bond donors (Lipinski definition) is 2. The number of aliphatic hydroxyl groups excluding tert-OH is 1. The highest BCUT2D eigenvalue weighted by molar-refractivity contribution is 6.02. The molecule has 1 aromatic heterocycles. The molecule has 0 saturated carbocycles. The number of carbonyl (C=O) groups excluding carboxylic acids is 1. The summed E-state index contributed by atoms with van der Waals surface area (Å²) in [5.41, 5.74) is 2.78. The molecule has 0 aliphatic carbocycles. The van der Waals surface area contributed by atoms with E-state index >= 15 is 0 Å². The summed E-state index contributed by atoms with van der Waals surface area (Å²) in [4.78, 5) is 33.1. The second kappa shape index (κ2) is 10.1. The number of hydrogen-bond acceptors (Lipinski definition) is 6. The minimum absolute atomic E-state index is 0.00720. The predicted molar refractivity (Wildman–Crippen MR) is 132 cm³/mol. The lowest BCUT2D eigenvalue weighted by Crippen LogP contribution is -2.42. The molecular formula is C25H35N5O3. The summed E-state index contributed by atoms with van der Waals surface area (Å²) in [7, 11) is 2.12. The molecule has 8 nitrogen and oxygen atoms in total. The van der Waals surface area contributed by atoms with Crippen LogP contribution in [-0.4, -0.2) is 77.9 Å². The van der Waals surface area contributed by atoms with Gasteiger partial charge in [-0.3, -0.25) is 14.6 Å². The minimum Gasteiger partial charge on any atom is -0.396 e. The van der Waals surface area contributed by atoms with Crippen molar-refractivity contribution >= 4 is 28.7 Å². The van der Waals surface area contributed by atoms with Crippen LogP contribution in [0.4, 0.5) is 5.69 Å². The number of fused-ring (bicyclic) bond motifs is 1. The molecule has 0 spiro atoms. The van der Waals surface area contributed by atoms with Gasteiger partial charge in [0.25, 0.3) is 11.5 Å². The molecule has 0 radical (unpaired) electrons. The Hall–Kier alpha value is -2.71. The van der Waals surface area contributed by atoms with Gasteiger partial charge in [0.1, 0.15) is 0 Å². The molecule has 0 unspecified atom stereocenters. The average molecular weight is 454 g/mol. The van der Waals surface area contributed by atoms with E-state index in [0.717, 1.165) is 60.9 Å². The topological polar surface area (TPSA) is 92.2 Å². The summed E-state index contributed by atoms with van der Waals surface area (Å²) in [6.45, 7) is 7.24. The highest BCUT2D eigenvalue weighted by Crippen LogP contribution is 2.32. The molecule has 2 N–H and O–H groups in total. The Morgan fingerprint density at radius 2 is 1.88 bits per heavy atom. The van der Waals surface area contributed by atoms with Gasteiger partial charge in [-0.2, -0.15) is 5.10 Å². The molecule has 2 fully saturated rings. The van der Waals surface area contributed by atoms with Crippen molar-refractivity contribution in [2.45, 2.75) is 45.6 Å². The predicted octanol–water partition coefficient (Wildman–Crippen LogP) is 2.59. The van der Waals surface area contributed by atoms with Gasteiger partial charge >= 0.3 is 0 Å². The third kappa shape index (κ3) is 4.96. The van der Waals surface area contributed by atoms with Crippen molar-refractivity contribution in [3.8, 4) is 0 Å². The van der Waals surface area contributed by atoms with E-state index in [0.29, 0.717) is 18.7 Å². The molecular weight excluding hydrogens is 418 g/mol. The van der Waals surface area contributed by atoms with Crippen LogP contribution in [0.15, 0.2) is 28.1 Å². The van der Waals surface area contributed by atoms with E-state index in [1.165, 1.54) is 0 Å². The number of amides is 1. The number of benzene rings is 1. The molecule has 0 bridgehead atoms. The first-order chi connectivity index (χ1) is 15.9. The SMILES string of the molecule is C/C=N\N(c1cc(=O)[nH]c2cc(C)c(C(=O)N3CCC(CO)CC3)cc12)C1CCN(C)CC1. The Labute approximate surface area is 194 Å². The number of aromatic amines is 1. The van der Waals surface area contributed by atoms with Crippen molar-refractivity contribution in [2.75, 3.05) is 44.8 Å². The summed E-state index contributed by atoms with van der Waals surface area (Å²) in [6, 6.07) is 5.62. The number of nitrogens with zero attached hydrogens (tertiary/aromatic N) is 4. The van der Waals surface area contributed by atoms with Crippen LogP contribution in [0.5, 0.6) is 0 Å². The molecule has 3 heterocycles. The maximum atomic E-state index is 13.4. The van der Waals surface area contributed by atoms with Crippen LogP contribution in [-0.2, 0) is 0 Å². The number of hydrazone groups is 1. The molecule has 2 saturated heterocycles. The molecule has 33 heavy (non-hydrogen) atoms. The van der Waals surface area contributed by atoms with Crippen LogP contribution in [0, 0.1) is 12.8 Å². The van der Waals surface area contributed by atoms with E-state index in [-0.39, 0.29) is 30.0 Å². The number of piperidine rings is 2. The Kier molecular flexibility index (Phi) is 7.14. The van der Waals surface area contributed by atoms with Gasteiger partial charge in [-0.1, -0.05) is 0 Å². The van der Waals surface area contributed by atoms with Crippen LogP contribution >= 0.6 is 0 Å². The second-order valence-corrected chi connectivity index (χ2v) is 9.40. The molecule has 2 aromatic rings. The van der Waals surface area contributed by atoms with Gasteiger partial charge in [-0.25, -0.2) is 0 Å². The average Bonchev–Trinajstić information content (AvgIpc) is 2.82. The standard InChI is InChI=1S/C25H35N5O3/c1-4-26-30(19-7-9-28(3)10-8-19)23-15-24(32)27-22-13-17(2)20(14-21(22)23)25(33)29-11-5-18(16-31)6-12-29/h4,13-15,18-19,31H,5-12,16H2,1-3H3,(H,27,32)/b26-4-. The minimum atomic E-state index is -0.175. The maximum Gasteiger partial charge on any atom is 0.254 e. The number of anilines is 1. The third-order valence-corrected chi connectivity index (χ3v) is 7.08. The number of rotatable bonds is 5. The van der Waals surface area contributed by atoms with Crippen molar-refractivity contribution in [3.05, 3.63) is 39.7 Å². The molecule has 4 rings (SSSR count). The van der Waals surface area contributed by atoms with E-state index in [1.807, 2.05) is 35.9 Å². The van der Waals surface area contributed by atoms with Crippen LogP contribution < -0.4 is 10.6 Å². The van der Waals surface area contributed by atoms with E-state index < -0.39 is 0 Å². The fourth-order valence-corrected chi connectivity index (χ4v) is 5.02. The summed E-state index contributed by atoms with van der Waals surface area (Å²) in [5, 5.41) is 16.9. The van der Waals surface area contributed by atoms with E-state index in [4.69, 9.17) is 0 Å². The van der Waals surface area contributed by atoms with Gasteiger partial charge in [0.05, 0.1) is 17.2 Å². The number of aromatic nitrogens is 1. The summed E-state index contributed by atoms with van der Waals surface area (Å²) in [6.07, 6.45) is 5.32. The van der Waals surface area contributed by atoms with Crippen LogP contribution in [0.1, 0.15) is 48.5 Å². The van der Waals surface area contributed by atoms with Crippen molar-refractivity contribution in [1.29, 1.82) is 0 Å². The van der Waals surface area contributed by atoms with Crippen LogP contribution in [0.25, 0.3) is 10.9 Å². The molecule has 2 aliphatic heterocycles. The molecule has 2 aliphatic rings. The first kappa shape index (κ1) is 23.4. The zero-order chi connectivity index (χ0) is 23.5. The fourth-order valence-electron chi connectivity index (χ4n) is 5.02. The van der Waals surface area contributed by atoms with Gasteiger partial charge in [-0.05, 0) is 83.3 Å². The Morgan fingerprint density at radius 3 is 2.52 bits per heavy atom. The number of carbonyl (C=O) groups is 1. The zero-order valence-electron chi connectivity index (χ0n) is 19.9. The van der Waals surface area contributed by atoms with E-state index in [9.17, 15) is 14.7 Å². The van der Waals surface area contributed by atoms with Crippen LogP contribution in [0.3, 0.4) is 0 Å². The van der Waals surface area contributed by atoms with Crippen molar-refractivity contribution < 1.29 is 9.90 Å². The van der Waals surface area contributed by atoms with E-state index in [2.05, 4.69) is 22.0 Å². The second-order valence-electron chi connectivity index (χ2n) is 9.40. The van der Waals surface area contributed by atoms with Crippen LogP contribution in [0.2, 0.25) is 0 Å². The fraction of sp³-hybridized carbons (Fsp3) is 0.560. The molecule has 1 aromatic carbocycles. The number of pyridine rings is 1. The lowest BCUT2D eigenvalue weighted by atomic mass is 9.96. The van der Waals surface area contributed by atoms with Crippen molar-refractivity contribution in [2.24, 2.45) is 11.0 Å². The van der Waals surface area contributed by atoms with Gasteiger partial charge in [-0.15, -0.1) is 0 Å². The molecule has 0 atom stereocenters. The Bertz CT molecular complexity index is 1080. The number of H-pyrrole nitrogens is 1. The lowest BCUT2D eigenvalue weighted by Gasteiger charge is -2.36. The van der Waals surface area contributed by atoms with Gasteiger partial charge in [0, 0.05) is 42.9 Å². The smallest absolute Gasteiger partial charge is 0.254 e. The number of nitrogens with one attached hydrogen (secondary N) is 1. The number of aryl methyl sites for hydroxylation is 1. The monoisotopic (exact) mass is 453 g/mol. The summed E-state index contributed by atoms with van der Waals surface area (Å²) in [5.74, 6) is 0.284. The maximum absolute atomic E-state index is 13.4. The Balaban J connectivity index is 1.74. The largest absolute Gasteiger partial charge is 0.396 e. The number of aliphatic hydroxyl groups is 1. The van der Waals surface area contributed by atoms with Gasteiger partial charge in [0.15, 0.2) is 0 Å². The highest BCUT2D eigenvalue weighted by Gasteiger charge is 2.27. The van der Waals surface area contributed by atoms with Gasteiger partial charge in [0.2, 0.25) is 0 Å². The molecule has 1 amide bonds. The molecule has 8 heteroatoms. The summed E-state index contributed by atoms with van der Waals surface area (Å²) >= 11 is 0. The number of likely N-dealkylation sites (tertiary alicyclic amines) is 2. The quantitative estimate of drug-likeness (QED) is 0.536. The first-order valence-electron chi connectivity index (χ1n) is 12.0. The third-order valence-electron chi connectivity index (χ3n) is 7.08. The first-order valence-corrected chi connectivity index (χ1v) is 12.0.